The van der Waals surface area contributed by atoms with Gasteiger partial charge in [0, 0.05) is 30.1 Å². The molecule has 0 spiro atoms. The molecule has 1 aliphatic rings. The minimum Gasteiger partial charge on any atom is -0.383 e. The van der Waals surface area contributed by atoms with Crippen LogP contribution in [0, 0.1) is 5.92 Å². The van der Waals surface area contributed by atoms with Crippen LogP contribution in [0.15, 0.2) is 28.7 Å². The van der Waals surface area contributed by atoms with Crippen molar-refractivity contribution in [1.82, 2.24) is 5.32 Å². The van der Waals surface area contributed by atoms with Crippen molar-refractivity contribution < 1.29 is 4.74 Å². The summed E-state index contributed by atoms with van der Waals surface area (Å²) in [5.41, 5.74) is 1.76. The van der Waals surface area contributed by atoms with Crippen LogP contribution in [0.25, 0.3) is 0 Å². The lowest BCUT2D eigenvalue weighted by molar-refractivity contribution is 0.143. The molecule has 2 rings (SSSR count). The molecule has 1 fully saturated rings. The highest BCUT2D eigenvalue weighted by Gasteiger charge is 2.43. The minimum absolute atomic E-state index is 0.313. The first-order valence-electron chi connectivity index (χ1n) is 6.62. The smallest absolute Gasteiger partial charge is 0.0587 e. The Morgan fingerprint density at radius 1 is 1.39 bits per heavy atom. The van der Waals surface area contributed by atoms with Crippen LogP contribution in [0.5, 0.6) is 0 Å². The molecule has 0 aliphatic heterocycles. The molecule has 0 unspecified atom stereocenters. The van der Waals surface area contributed by atoms with Gasteiger partial charge in [0.2, 0.25) is 0 Å². The van der Waals surface area contributed by atoms with E-state index < -0.39 is 0 Å². The Balaban J connectivity index is 2.06. The molecule has 1 N–H and O–H groups in total. The largest absolute Gasteiger partial charge is 0.383 e. The van der Waals surface area contributed by atoms with Gasteiger partial charge in [-0.3, -0.25) is 0 Å². The molecule has 1 aliphatic carbocycles. The SMILES string of the molecule is COCCNCC1(c2ccccc2Br)CC(C)C1. The van der Waals surface area contributed by atoms with Gasteiger partial charge in [0.15, 0.2) is 0 Å². The van der Waals surface area contributed by atoms with E-state index in [0.717, 1.165) is 25.6 Å². The molecular weight excluding hydrogens is 290 g/mol. The van der Waals surface area contributed by atoms with E-state index >= 15 is 0 Å². The van der Waals surface area contributed by atoms with E-state index in [-0.39, 0.29) is 0 Å². The molecule has 2 nitrogen and oxygen atoms in total. The second-order valence-corrected chi connectivity index (χ2v) is 6.30. The van der Waals surface area contributed by atoms with Crippen molar-refractivity contribution in [3.63, 3.8) is 0 Å². The predicted molar refractivity (Wildman–Crippen MR) is 79.0 cm³/mol. The number of halogens is 1. The average Bonchev–Trinajstić information content (AvgIpc) is 2.32. The quantitative estimate of drug-likeness (QED) is 0.813. The number of benzene rings is 1. The third-order valence-corrected chi connectivity index (χ3v) is 4.56. The van der Waals surface area contributed by atoms with E-state index in [0.29, 0.717) is 5.41 Å². The van der Waals surface area contributed by atoms with E-state index in [1.807, 2.05) is 0 Å². The van der Waals surface area contributed by atoms with E-state index in [2.05, 4.69) is 52.4 Å². The lowest BCUT2D eigenvalue weighted by atomic mass is 9.59. The summed E-state index contributed by atoms with van der Waals surface area (Å²) in [7, 11) is 1.75. The molecule has 1 aromatic rings. The van der Waals surface area contributed by atoms with E-state index in [1.54, 1.807) is 7.11 Å². The first-order valence-corrected chi connectivity index (χ1v) is 7.42. The van der Waals surface area contributed by atoms with Crippen molar-refractivity contribution in [3.8, 4) is 0 Å². The lowest BCUT2D eigenvalue weighted by Crippen LogP contribution is -2.48. The van der Waals surface area contributed by atoms with Crippen molar-refractivity contribution >= 4 is 15.9 Å². The van der Waals surface area contributed by atoms with Crippen molar-refractivity contribution in [2.24, 2.45) is 5.92 Å². The summed E-state index contributed by atoms with van der Waals surface area (Å²) in [6.07, 6.45) is 2.55. The second-order valence-electron chi connectivity index (χ2n) is 5.44. The van der Waals surface area contributed by atoms with Crippen LogP contribution >= 0.6 is 15.9 Å². The number of nitrogens with one attached hydrogen (secondary N) is 1. The maximum absolute atomic E-state index is 5.09. The average molecular weight is 312 g/mol. The Hall–Kier alpha value is -0.380. The summed E-state index contributed by atoms with van der Waals surface area (Å²) in [6, 6.07) is 8.63. The molecule has 1 saturated carbocycles. The first kappa shape index (κ1) is 14.0. The Morgan fingerprint density at radius 3 is 2.72 bits per heavy atom. The van der Waals surface area contributed by atoms with Gasteiger partial charge in [-0.25, -0.2) is 0 Å². The third-order valence-electron chi connectivity index (χ3n) is 3.87. The van der Waals surface area contributed by atoms with Gasteiger partial charge in [-0.2, -0.15) is 0 Å². The van der Waals surface area contributed by atoms with Gasteiger partial charge in [-0.05, 0) is 30.4 Å². The Kier molecular flexibility index (Phi) is 4.82. The van der Waals surface area contributed by atoms with E-state index in [4.69, 9.17) is 4.74 Å². The number of ether oxygens (including phenoxy) is 1. The fourth-order valence-electron chi connectivity index (χ4n) is 3.13. The zero-order chi connectivity index (χ0) is 13.0. The van der Waals surface area contributed by atoms with Crippen LogP contribution in [0.4, 0.5) is 0 Å². The monoisotopic (exact) mass is 311 g/mol. The molecular formula is C15H22BrNO. The fraction of sp³-hybridized carbons (Fsp3) is 0.600. The summed E-state index contributed by atoms with van der Waals surface area (Å²) in [5, 5.41) is 3.53. The van der Waals surface area contributed by atoms with Gasteiger partial charge in [0.05, 0.1) is 6.61 Å². The normalized spacial score (nSPS) is 26.9. The molecule has 0 aromatic heterocycles. The number of rotatable bonds is 6. The Labute approximate surface area is 118 Å². The van der Waals surface area contributed by atoms with Gasteiger partial charge in [0.1, 0.15) is 0 Å². The van der Waals surface area contributed by atoms with Gasteiger partial charge in [-0.15, -0.1) is 0 Å². The number of methoxy groups -OCH3 is 1. The standard InChI is InChI=1S/C15H22BrNO/c1-12-9-15(10-12,11-17-7-8-18-2)13-5-3-4-6-14(13)16/h3-6,12,17H,7-11H2,1-2H3. The van der Waals surface area contributed by atoms with Crippen LogP contribution in [-0.2, 0) is 10.2 Å². The summed E-state index contributed by atoms with van der Waals surface area (Å²) >= 11 is 3.70. The lowest BCUT2D eigenvalue weighted by Gasteiger charge is -2.48. The highest BCUT2D eigenvalue weighted by Crippen LogP contribution is 2.49. The van der Waals surface area contributed by atoms with Gasteiger partial charge in [0.25, 0.3) is 0 Å². The Bertz CT molecular complexity index is 388. The molecule has 0 heterocycles. The summed E-state index contributed by atoms with van der Waals surface area (Å²) in [5.74, 6) is 0.835. The summed E-state index contributed by atoms with van der Waals surface area (Å²) in [6.45, 7) is 5.09. The molecule has 0 atom stereocenters. The number of hydrogen-bond acceptors (Lipinski definition) is 2. The van der Waals surface area contributed by atoms with Crippen LogP contribution in [0.3, 0.4) is 0 Å². The molecule has 18 heavy (non-hydrogen) atoms. The molecule has 1 aromatic carbocycles. The zero-order valence-corrected chi connectivity index (χ0v) is 12.8. The minimum atomic E-state index is 0.313. The predicted octanol–water partition coefficient (Wildman–Crippen LogP) is 3.35. The third kappa shape index (κ3) is 2.95. The second kappa shape index (κ2) is 6.18. The highest BCUT2D eigenvalue weighted by atomic mass is 79.9. The zero-order valence-electron chi connectivity index (χ0n) is 11.2. The highest BCUT2D eigenvalue weighted by molar-refractivity contribution is 9.10. The molecule has 100 valence electrons. The molecule has 0 bridgehead atoms. The number of hydrogen-bond donors (Lipinski definition) is 1. The molecule has 0 saturated heterocycles. The van der Waals surface area contributed by atoms with Crippen molar-refractivity contribution in [2.45, 2.75) is 25.2 Å². The van der Waals surface area contributed by atoms with Crippen LogP contribution in [-0.4, -0.2) is 26.8 Å². The van der Waals surface area contributed by atoms with Crippen molar-refractivity contribution in [1.29, 1.82) is 0 Å². The Morgan fingerprint density at radius 2 is 2.11 bits per heavy atom. The summed E-state index contributed by atoms with van der Waals surface area (Å²) in [4.78, 5) is 0. The van der Waals surface area contributed by atoms with Crippen LogP contribution in [0.2, 0.25) is 0 Å². The van der Waals surface area contributed by atoms with E-state index in [9.17, 15) is 0 Å². The van der Waals surface area contributed by atoms with Crippen molar-refractivity contribution in [2.75, 3.05) is 26.8 Å². The van der Waals surface area contributed by atoms with E-state index in [1.165, 1.54) is 22.9 Å². The molecule has 3 heteroatoms. The first-order chi connectivity index (χ1) is 8.68. The van der Waals surface area contributed by atoms with Gasteiger partial charge in [-0.1, -0.05) is 41.1 Å². The maximum atomic E-state index is 5.09. The van der Waals surface area contributed by atoms with Gasteiger partial charge < -0.3 is 10.1 Å². The summed E-state index contributed by atoms with van der Waals surface area (Å²) < 4.78 is 6.33. The molecule has 0 amide bonds. The topological polar surface area (TPSA) is 21.3 Å². The van der Waals surface area contributed by atoms with Crippen LogP contribution < -0.4 is 5.32 Å². The van der Waals surface area contributed by atoms with Gasteiger partial charge >= 0.3 is 0 Å². The van der Waals surface area contributed by atoms with Crippen LogP contribution in [0.1, 0.15) is 25.3 Å². The fourth-order valence-corrected chi connectivity index (χ4v) is 3.83. The molecule has 0 radical (unpaired) electrons. The maximum Gasteiger partial charge on any atom is 0.0587 e. The van der Waals surface area contributed by atoms with Crippen molar-refractivity contribution in [3.05, 3.63) is 34.3 Å².